The van der Waals surface area contributed by atoms with Gasteiger partial charge in [-0.15, -0.1) is 11.3 Å². The molecule has 1 aromatic carbocycles. The van der Waals surface area contributed by atoms with Crippen molar-refractivity contribution in [3.8, 4) is 27.8 Å². The first-order valence-electron chi connectivity index (χ1n) is 9.44. The van der Waals surface area contributed by atoms with Gasteiger partial charge in [-0.3, -0.25) is 0 Å². The zero-order valence-corrected chi connectivity index (χ0v) is 17.1. The standard InChI is InChI=1S/C23H20N2O4S/c1-2-15-10-11-18(28-15)16-13-17(19-9-6-12-30-19)25-22(20(16)24)29-21(23(26)27)14-7-4-3-5-8-14/h3-13,21H,2,24H2,1H3,(H,26,27). The Hall–Kier alpha value is -3.58. The molecule has 0 aliphatic carbocycles. The third kappa shape index (κ3) is 3.92. The molecule has 3 heterocycles. The van der Waals surface area contributed by atoms with Gasteiger partial charge in [0, 0.05) is 17.5 Å². The van der Waals surface area contributed by atoms with Crippen molar-refractivity contribution in [3.05, 3.63) is 77.4 Å². The van der Waals surface area contributed by atoms with Crippen LogP contribution in [-0.4, -0.2) is 16.1 Å². The fourth-order valence-corrected chi connectivity index (χ4v) is 3.78. The summed E-state index contributed by atoms with van der Waals surface area (Å²) in [7, 11) is 0. The van der Waals surface area contributed by atoms with E-state index in [1.54, 1.807) is 24.3 Å². The molecule has 0 radical (unpaired) electrons. The number of nitrogens with two attached hydrogens (primary N) is 1. The van der Waals surface area contributed by atoms with E-state index in [2.05, 4.69) is 4.98 Å². The Balaban J connectivity index is 1.82. The highest BCUT2D eigenvalue weighted by molar-refractivity contribution is 7.13. The van der Waals surface area contributed by atoms with Crippen LogP contribution in [0.2, 0.25) is 0 Å². The van der Waals surface area contributed by atoms with E-state index in [4.69, 9.17) is 14.9 Å². The maximum atomic E-state index is 11.9. The SMILES string of the molecule is CCc1ccc(-c2cc(-c3cccs3)nc(OC(C(=O)O)c3ccccc3)c2N)o1. The van der Waals surface area contributed by atoms with Gasteiger partial charge < -0.3 is 20.0 Å². The minimum absolute atomic E-state index is 0.0570. The molecular weight excluding hydrogens is 400 g/mol. The van der Waals surface area contributed by atoms with Crippen LogP contribution in [0.1, 0.15) is 24.4 Å². The monoisotopic (exact) mass is 420 g/mol. The van der Waals surface area contributed by atoms with E-state index in [1.807, 2.05) is 48.7 Å². The van der Waals surface area contributed by atoms with Crippen molar-refractivity contribution >= 4 is 23.0 Å². The number of aromatic nitrogens is 1. The van der Waals surface area contributed by atoms with E-state index in [1.165, 1.54) is 11.3 Å². The van der Waals surface area contributed by atoms with Crippen LogP contribution >= 0.6 is 11.3 Å². The predicted molar refractivity (Wildman–Crippen MR) is 116 cm³/mol. The Morgan fingerprint density at radius 2 is 2.00 bits per heavy atom. The highest BCUT2D eigenvalue weighted by atomic mass is 32.1. The highest BCUT2D eigenvalue weighted by Gasteiger charge is 2.25. The molecule has 4 aromatic rings. The van der Waals surface area contributed by atoms with Crippen LogP contribution in [0.3, 0.4) is 0 Å². The lowest BCUT2D eigenvalue weighted by molar-refractivity contribution is -0.145. The summed E-state index contributed by atoms with van der Waals surface area (Å²) in [5.74, 6) is 0.341. The molecule has 0 fully saturated rings. The molecule has 6 nitrogen and oxygen atoms in total. The van der Waals surface area contributed by atoms with Crippen molar-refractivity contribution in [2.24, 2.45) is 0 Å². The van der Waals surface area contributed by atoms with Gasteiger partial charge in [0.25, 0.3) is 0 Å². The molecule has 1 atom stereocenters. The number of hydrogen-bond acceptors (Lipinski definition) is 6. The Morgan fingerprint density at radius 3 is 2.63 bits per heavy atom. The number of ether oxygens (including phenoxy) is 1. The second kappa shape index (κ2) is 8.42. The fourth-order valence-electron chi connectivity index (χ4n) is 3.09. The molecule has 152 valence electrons. The first-order chi connectivity index (χ1) is 14.6. The third-order valence-electron chi connectivity index (χ3n) is 4.63. The van der Waals surface area contributed by atoms with Crippen molar-refractivity contribution in [2.75, 3.05) is 5.73 Å². The van der Waals surface area contributed by atoms with Crippen molar-refractivity contribution in [1.82, 2.24) is 4.98 Å². The van der Waals surface area contributed by atoms with Crippen molar-refractivity contribution in [2.45, 2.75) is 19.4 Å². The normalized spacial score (nSPS) is 11.9. The molecule has 0 aliphatic rings. The molecule has 0 saturated heterocycles. The van der Waals surface area contributed by atoms with Crippen LogP contribution in [0.5, 0.6) is 5.88 Å². The Bertz CT molecular complexity index is 1150. The summed E-state index contributed by atoms with van der Waals surface area (Å²) in [5, 5.41) is 11.7. The third-order valence-corrected chi connectivity index (χ3v) is 5.52. The number of thiophene rings is 1. The first-order valence-corrected chi connectivity index (χ1v) is 10.3. The maximum Gasteiger partial charge on any atom is 0.349 e. The van der Waals surface area contributed by atoms with Gasteiger partial charge >= 0.3 is 5.97 Å². The highest BCUT2D eigenvalue weighted by Crippen LogP contribution is 2.39. The number of hydrogen-bond donors (Lipinski definition) is 2. The molecule has 7 heteroatoms. The summed E-state index contributed by atoms with van der Waals surface area (Å²) < 4.78 is 11.7. The number of aliphatic carboxylic acids is 1. The fraction of sp³-hybridized carbons (Fsp3) is 0.130. The number of rotatable bonds is 7. The van der Waals surface area contributed by atoms with Gasteiger partial charge in [0.2, 0.25) is 12.0 Å². The number of carbonyl (C=O) groups is 1. The number of benzene rings is 1. The van der Waals surface area contributed by atoms with E-state index >= 15 is 0 Å². The second-order valence-corrected chi connectivity index (χ2v) is 7.57. The molecule has 30 heavy (non-hydrogen) atoms. The van der Waals surface area contributed by atoms with Crippen molar-refractivity contribution in [1.29, 1.82) is 0 Å². The molecule has 0 amide bonds. The second-order valence-electron chi connectivity index (χ2n) is 6.62. The van der Waals surface area contributed by atoms with Gasteiger partial charge in [-0.25, -0.2) is 9.78 Å². The minimum atomic E-state index is -1.24. The predicted octanol–water partition coefficient (Wildman–Crippen LogP) is 5.42. The van der Waals surface area contributed by atoms with Gasteiger partial charge in [-0.1, -0.05) is 43.3 Å². The van der Waals surface area contributed by atoms with E-state index in [0.29, 0.717) is 22.6 Å². The molecule has 0 bridgehead atoms. The quantitative estimate of drug-likeness (QED) is 0.414. The average molecular weight is 420 g/mol. The summed E-state index contributed by atoms with van der Waals surface area (Å²) in [5.41, 5.74) is 8.36. The largest absolute Gasteiger partial charge is 0.478 e. The van der Waals surface area contributed by atoms with Crippen molar-refractivity contribution < 1.29 is 19.1 Å². The number of aryl methyl sites for hydroxylation is 1. The van der Waals surface area contributed by atoms with E-state index in [-0.39, 0.29) is 11.6 Å². The number of anilines is 1. The van der Waals surface area contributed by atoms with Crippen LogP contribution in [0, 0.1) is 0 Å². The van der Waals surface area contributed by atoms with E-state index in [0.717, 1.165) is 17.1 Å². The van der Waals surface area contributed by atoms with Crippen molar-refractivity contribution in [3.63, 3.8) is 0 Å². The zero-order chi connectivity index (χ0) is 21.1. The number of nitrogens with zero attached hydrogens (tertiary/aromatic N) is 1. The first kappa shape index (κ1) is 19.7. The molecular formula is C23H20N2O4S. The molecule has 0 spiro atoms. The summed E-state index contributed by atoms with van der Waals surface area (Å²) in [4.78, 5) is 17.4. The topological polar surface area (TPSA) is 98.6 Å². The Labute approximate surface area is 177 Å². The van der Waals surface area contributed by atoms with Gasteiger partial charge in [0.05, 0.1) is 10.6 Å². The summed E-state index contributed by atoms with van der Waals surface area (Å²) >= 11 is 1.52. The van der Waals surface area contributed by atoms with E-state index in [9.17, 15) is 9.90 Å². The number of pyridine rings is 1. The molecule has 0 saturated carbocycles. The van der Waals surface area contributed by atoms with Crippen LogP contribution < -0.4 is 10.5 Å². The lowest BCUT2D eigenvalue weighted by Gasteiger charge is -2.18. The van der Waals surface area contributed by atoms with Crippen LogP contribution in [0.15, 0.2) is 70.5 Å². The summed E-state index contributed by atoms with van der Waals surface area (Å²) in [6.45, 7) is 2.00. The lowest BCUT2D eigenvalue weighted by Crippen LogP contribution is -2.19. The molecule has 4 rings (SSSR count). The van der Waals surface area contributed by atoms with Crippen LogP contribution in [0.4, 0.5) is 5.69 Å². The smallest absolute Gasteiger partial charge is 0.349 e. The number of carboxylic acid groups (broad SMARTS) is 1. The number of carboxylic acids is 1. The van der Waals surface area contributed by atoms with E-state index < -0.39 is 12.1 Å². The molecule has 3 aromatic heterocycles. The van der Waals surface area contributed by atoms with Gasteiger partial charge in [-0.2, -0.15) is 0 Å². The molecule has 3 N–H and O–H groups in total. The number of nitrogen functional groups attached to an aromatic ring is 1. The lowest BCUT2D eigenvalue weighted by atomic mass is 10.1. The van der Waals surface area contributed by atoms with Gasteiger partial charge in [0.1, 0.15) is 17.2 Å². The van der Waals surface area contributed by atoms with Crippen LogP contribution in [-0.2, 0) is 11.2 Å². The number of furan rings is 1. The molecule has 1 unspecified atom stereocenters. The Morgan fingerprint density at radius 1 is 1.20 bits per heavy atom. The molecule has 0 aliphatic heterocycles. The van der Waals surface area contributed by atoms with Gasteiger partial charge in [0.15, 0.2) is 0 Å². The summed E-state index contributed by atoms with van der Waals surface area (Å²) in [6, 6.07) is 18.1. The maximum absolute atomic E-state index is 11.9. The minimum Gasteiger partial charge on any atom is -0.478 e. The summed E-state index contributed by atoms with van der Waals surface area (Å²) in [6.07, 6.45) is -0.489. The van der Waals surface area contributed by atoms with Crippen LogP contribution in [0.25, 0.3) is 21.9 Å². The average Bonchev–Trinajstić information content (AvgIpc) is 3.45. The Kier molecular flexibility index (Phi) is 5.54. The zero-order valence-electron chi connectivity index (χ0n) is 16.2. The van der Waals surface area contributed by atoms with Gasteiger partial charge in [-0.05, 0) is 29.6 Å².